The maximum Gasteiger partial charge on any atom is 0.283 e. The third kappa shape index (κ3) is 3.69. The molecule has 0 fully saturated rings. The van der Waals surface area contributed by atoms with Gasteiger partial charge in [0, 0.05) is 47.2 Å². The Hall–Kier alpha value is -4.70. The molecule has 0 saturated carbocycles. The molecular weight excluding hydrogens is 488 g/mol. The molecule has 0 aliphatic carbocycles. The molecule has 0 spiro atoms. The summed E-state index contributed by atoms with van der Waals surface area (Å²) in [7, 11) is 0. The number of fused-ring (bicyclic) bond motifs is 3. The van der Waals surface area contributed by atoms with Crippen LogP contribution in [-0.2, 0) is 11.3 Å². The first-order valence-corrected chi connectivity index (χ1v) is 12.3. The van der Waals surface area contributed by atoms with E-state index in [4.69, 9.17) is 14.9 Å². The van der Waals surface area contributed by atoms with Crippen molar-refractivity contribution in [2.24, 2.45) is 10.1 Å². The number of aliphatic imine (C=N–C) groups is 1. The van der Waals surface area contributed by atoms with E-state index in [1.54, 1.807) is 18.5 Å². The van der Waals surface area contributed by atoms with E-state index in [-0.39, 0.29) is 18.2 Å². The van der Waals surface area contributed by atoms with Gasteiger partial charge in [-0.05, 0) is 53.7 Å². The number of nitrogens with zero attached hydrogens (tertiary/aromatic N) is 5. The zero-order chi connectivity index (χ0) is 24.9. The molecule has 4 aromatic rings. The van der Waals surface area contributed by atoms with E-state index < -0.39 is 5.91 Å². The first kappa shape index (κ1) is 21.6. The van der Waals surface area contributed by atoms with Crippen LogP contribution in [0, 0.1) is 5.41 Å². The topological polar surface area (TPSA) is 105 Å². The van der Waals surface area contributed by atoms with Crippen molar-refractivity contribution in [2.75, 3.05) is 6.79 Å². The van der Waals surface area contributed by atoms with Crippen LogP contribution in [0.15, 0.2) is 88.9 Å². The molecule has 0 atom stereocenters. The van der Waals surface area contributed by atoms with Crippen molar-refractivity contribution in [1.82, 2.24) is 14.6 Å². The zero-order valence-electron chi connectivity index (χ0n) is 19.3. The number of nitrogens with one attached hydrogen (secondary N) is 1. The number of amides is 1. The second-order valence-electron chi connectivity index (χ2n) is 8.58. The number of amidine groups is 2. The van der Waals surface area contributed by atoms with Crippen molar-refractivity contribution in [2.45, 2.75) is 6.54 Å². The molecule has 1 N–H and O–H groups in total. The Kier molecular flexibility index (Phi) is 4.93. The van der Waals surface area contributed by atoms with E-state index in [0.717, 1.165) is 39.1 Å². The van der Waals surface area contributed by atoms with Gasteiger partial charge in [-0.1, -0.05) is 24.3 Å². The molecule has 180 valence electrons. The molecule has 0 radical (unpaired) electrons. The number of ether oxygens (including phenoxy) is 2. The number of aromatic nitrogens is 2. The van der Waals surface area contributed by atoms with Crippen molar-refractivity contribution < 1.29 is 14.3 Å². The molecule has 37 heavy (non-hydrogen) atoms. The fourth-order valence-corrected chi connectivity index (χ4v) is 5.39. The van der Waals surface area contributed by atoms with Crippen LogP contribution in [0.3, 0.4) is 0 Å². The Morgan fingerprint density at radius 1 is 1.08 bits per heavy atom. The molecule has 0 saturated heterocycles. The van der Waals surface area contributed by atoms with Crippen LogP contribution in [0.25, 0.3) is 17.0 Å². The fraction of sp³-hybridized carbons (Fsp3) is 0.0741. The summed E-state index contributed by atoms with van der Waals surface area (Å²) in [5, 5.41) is 16.7. The summed E-state index contributed by atoms with van der Waals surface area (Å²) >= 11 is 1.25. The van der Waals surface area contributed by atoms with Crippen molar-refractivity contribution in [3.63, 3.8) is 0 Å². The van der Waals surface area contributed by atoms with Crippen LogP contribution in [0.5, 0.6) is 11.5 Å². The van der Waals surface area contributed by atoms with E-state index in [1.165, 1.54) is 16.8 Å². The standard InChI is InChI=1S/C27H18N6O3S/c28-24-20(25(34)30-27-33(24)31-26(37-27)17-4-3-9-29-12-17)11-18-14-32(21-6-2-1-5-19(18)21)13-16-7-8-22-23(10-16)36-15-35-22/h1-12,14,28H,13,15H2. The minimum absolute atomic E-state index is 0.00556. The molecule has 0 bridgehead atoms. The van der Waals surface area contributed by atoms with E-state index >= 15 is 0 Å². The lowest BCUT2D eigenvalue weighted by Crippen LogP contribution is -2.35. The Morgan fingerprint density at radius 3 is 2.86 bits per heavy atom. The van der Waals surface area contributed by atoms with Crippen LogP contribution in [0.4, 0.5) is 0 Å². The van der Waals surface area contributed by atoms with Crippen LogP contribution in [0.1, 0.15) is 16.7 Å². The minimum atomic E-state index is -0.459. The highest BCUT2D eigenvalue weighted by molar-refractivity contribution is 8.27. The molecule has 1 amide bonds. The van der Waals surface area contributed by atoms with Gasteiger partial charge in [0.15, 0.2) is 17.3 Å². The number of thioether (sulfide) groups is 1. The van der Waals surface area contributed by atoms with E-state index in [9.17, 15) is 4.79 Å². The number of carbonyl (C=O) groups is 1. The van der Waals surface area contributed by atoms with Crippen molar-refractivity contribution in [1.29, 1.82) is 5.41 Å². The maximum absolute atomic E-state index is 13.0. The molecular formula is C27H18N6O3S. The van der Waals surface area contributed by atoms with Crippen LogP contribution in [-0.4, -0.2) is 43.3 Å². The molecule has 0 unspecified atom stereocenters. The number of hydrogen-bond donors (Lipinski definition) is 1. The number of rotatable bonds is 4. The number of hydrogen-bond acceptors (Lipinski definition) is 7. The smallest absolute Gasteiger partial charge is 0.283 e. The molecule has 2 aromatic carbocycles. The lowest BCUT2D eigenvalue weighted by Gasteiger charge is -2.20. The van der Waals surface area contributed by atoms with Crippen LogP contribution >= 0.6 is 11.8 Å². The van der Waals surface area contributed by atoms with Gasteiger partial charge >= 0.3 is 0 Å². The van der Waals surface area contributed by atoms with Crippen LogP contribution in [0.2, 0.25) is 0 Å². The fourth-order valence-electron chi connectivity index (χ4n) is 4.51. The molecule has 3 aliphatic rings. The summed E-state index contributed by atoms with van der Waals surface area (Å²) in [6.07, 6.45) is 7.10. The van der Waals surface area contributed by atoms with Gasteiger partial charge in [0.2, 0.25) is 12.0 Å². The highest BCUT2D eigenvalue weighted by atomic mass is 32.2. The van der Waals surface area contributed by atoms with Crippen LogP contribution < -0.4 is 9.47 Å². The first-order valence-electron chi connectivity index (χ1n) is 11.5. The predicted molar refractivity (Wildman–Crippen MR) is 142 cm³/mol. The third-order valence-corrected chi connectivity index (χ3v) is 7.23. The van der Waals surface area contributed by atoms with Gasteiger partial charge in [-0.25, -0.2) is 0 Å². The molecule has 2 aromatic heterocycles. The number of pyridine rings is 1. The number of carbonyl (C=O) groups excluding carboxylic acids is 1. The van der Waals surface area contributed by atoms with Gasteiger partial charge < -0.3 is 14.0 Å². The van der Waals surface area contributed by atoms with E-state index in [0.29, 0.717) is 16.8 Å². The number of benzene rings is 2. The second-order valence-corrected chi connectivity index (χ2v) is 9.54. The molecule has 10 heteroatoms. The van der Waals surface area contributed by atoms with E-state index in [2.05, 4.69) is 19.6 Å². The summed E-state index contributed by atoms with van der Waals surface area (Å²) in [4.78, 5) is 21.4. The van der Waals surface area contributed by atoms with Gasteiger partial charge in [-0.2, -0.15) is 15.1 Å². The van der Waals surface area contributed by atoms with Gasteiger partial charge in [-0.3, -0.25) is 15.2 Å². The quantitative estimate of drug-likeness (QED) is 0.409. The highest BCUT2D eigenvalue weighted by Gasteiger charge is 2.36. The van der Waals surface area contributed by atoms with E-state index in [1.807, 2.05) is 60.8 Å². The SMILES string of the molecule is N=C1C(=Cc2cn(Cc3ccc4c(c3)OCO4)c3ccccc23)C(=O)N=C2SC(c3cccnc3)=NN12. The average Bonchev–Trinajstić information content (AvgIpc) is 3.65. The minimum Gasteiger partial charge on any atom is -0.454 e. The summed E-state index contributed by atoms with van der Waals surface area (Å²) in [5.41, 5.74) is 3.89. The van der Waals surface area contributed by atoms with Crippen molar-refractivity contribution >= 4 is 50.7 Å². The van der Waals surface area contributed by atoms with Gasteiger partial charge in [0.05, 0.1) is 5.57 Å². The third-order valence-electron chi connectivity index (χ3n) is 6.27. The normalized spacial score (nSPS) is 17.4. The Labute approximate surface area is 215 Å². The number of hydrazone groups is 1. The molecule has 5 heterocycles. The highest BCUT2D eigenvalue weighted by Crippen LogP contribution is 2.34. The average molecular weight is 507 g/mol. The van der Waals surface area contributed by atoms with Gasteiger partial charge in [-0.15, -0.1) is 0 Å². The Balaban J connectivity index is 1.25. The second kappa shape index (κ2) is 8.45. The van der Waals surface area contributed by atoms with Crippen molar-refractivity contribution in [3.05, 3.63) is 95.5 Å². The number of para-hydroxylation sites is 1. The lowest BCUT2D eigenvalue weighted by atomic mass is 10.1. The summed E-state index contributed by atoms with van der Waals surface area (Å²) < 4.78 is 13.1. The zero-order valence-corrected chi connectivity index (χ0v) is 20.1. The maximum atomic E-state index is 13.0. The summed E-state index contributed by atoms with van der Waals surface area (Å²) in [6.45, 7) is 0.839. The van der Waals surface area contributed by atoms with Gasteiger partial charge in [0.1, 0.15) is 5.04 Å². The Bertz CT molecular complexity index is 1710. The van der Waals surface area contributed by atoms with Crippen molar-refractivity contribution in [3.8, 4) is 11.5 Å². The predicted octanol–water partition coefficient (Wildman–Crippen LogP) is 4.48. The summed E-state index contributed by atoms with van der Waals surface area (Å²) in [5.74, 6) is 1.02. The first-order chi connectivity index (χ1) is 18.1. The molecule has 3 aliphatic heterocycles. The Morgan fingerprint density at radius 2 is 1.97 bits per heavy atom. The van der Waals surface area contributed by atoms with Gasteiger partial charge in [0.25, 0.3) is 5.91 Å². The largest absolute Gasteiger partial charge is 0.454 e. The molecule has 9 nitrogen and oxygen atoms in total. The molecule has 7 rings (SSSR count). The monoisotopic (exact) mass is 506 g/mol. The lowest BCUT2D eigenvalue weighted by molar-refractivity contribution is -0.114. The summed E-state index contributed by atoms with van der Waals surface area (Å²) in [6, 6.07) is 17.6.